The van der Waals surface area contributed by atoms with Gasteiger partial charge in [0, 0.05) is 6.04 Å². The lowest BCUT2D eigenvalue weighted by Gasteiger charge is -2.17. The van der Waals surface area contributed by atoms with Crippen molar-refractivity contribution in [2.45, 2.75) is 26.8 Å². The van der Waals surface area contributed by atoms with Crippen molar-refractivity contribution in [3.05, 3.63) is 26.8 Å². The highest BCUT2D eigenvalue weighted by Gasteiger charge is 2.23. The van der Waals surface area contributed by atoms with Crippen molar-refractivity contribution in [2.75, 3.05) is 6.61 Å². The predicted octanol–water partition coefficient (Wildman–Crippen LogP) is 0.218. The van der Waals surface area contributed by atoms with E-state index in [9.17, 15) is 19.7 Å². The van der Waals surface area contributed by atoms with Crippen LogP contribution in [0.3, 0.4) is 0 Å². The van der Waals surface area contributed by atoms with Crippen molar-refractivity contribution < 1.29 is 14.5 Å². The summed E-state index contributed by atoms with van der Waals surface area (Å²) in [6, 6.07) is -0.0618. The predicted molar refractivity (Wildman–Crippen MR) is 69.4 cm³/mol. The molecule has 0 aliphatic carbocycles. The number of nitrogens with one attached hydrogen (secondary N) is 2. The van der Waals surface area contributed by atoms with Gasteiger partial charge in [0.1, 0.15) is 0 Å². The second-order valence-corrected chi connectivity index (χ2v) is 4.53. The number of amides is 1. The third kappa shape index (κ3) is 4.04. The molecule has 0 bridgehead atoms. The number of carbonyl (C=O) groups excluding carboxylic acids is 1. The molecule has 110 valence electrons. The number of hydrogen-bond acceptors (Lipinski definition) is 6. The van der Waals surface area contributed by atoms with Crippen molar-refractivity contribution >= 4 is 11.6 Å². The van der Waals surface area contributed by atoms with Gasteiger partial charge in [-0.15, -0.1) is 0 Å². The Morgan fingerprint density at radius 2 is 2.20 bits per heavy atom. The Kier molecular flexibility index (Phi) is 5.18. The van der Waals surface area contributed by atoms with Crippen molar-refractivity contribution in [1.82, 2.24) is 15.3 Å². The molecule has 20 heavy (non-hydrogen) atoms. The van der Waals surface area contributed by atoms with Crippen LogP contribution in [0.4, 0.5) is 5.69 Å². The van der Waals surface area contributed by atoms with Crippen LogP contribution in [-0.4, -0.2) is 33.4 Å². The second-order valence-electron chi connectivity index (χ2n) is 4.53. The van der Waals surface area contributed by atoms with Crippen molar-refractivity contribution in [3.63, 3.8) is 0 Å². The van der Waals surface area contributed by atoms with Crippen molar-refractivity contribution in [1.29, 1.82) is 0 Å². The van der Waals surface area contributed by atoms with Gasteiger partial charge in [0.2, 0.25) is 0 Å². The number of aromatic amines is 1. The molecule has 0 aliphatic heterocycles. The standard InChI is InChI=1S/C11H16N4O5/c1-6(2)7(3)14-8(16)4-20-11-9(15(18)19)10(17)12-5-13-11/h5-7H,4H2,1-3H3,(H,14,16)(H,12,13,17)/t7-/m0/s1. The molecule has 9 heteroatoms. The number of aromatic nitrogens is 2. The number of nitrogens with zero attached hydrogens (tertiary/aromatic N) is 2. The van der Waals surface area contributed by atoms with Gasteiger partial charge in [0.15, 0.2) is 6.61 Å². The van der Waals surface area contributed by atoms with Gasteiger partial charge in [0.25, 0.3) is 5.91 Å². The van der Waals surface area contributed by atoms with Gasteiger partial charge < -0.3 is 15.0 Å². The molecule has 0 unspecified atom stereocenters. The Morgan fingerprint density at radius 1 is 1.55 bits per heavy atom. The van der Waals surface area contributed by atoms with Crippen LogP contribution < -0.4 is 15.6 Å². The van der Waals surface area contributed by atoms with Crippen LogP contribution in [-0.2, 0) is 4.79 Å². The number of carbonyl (C=O) groups is 1. The molecule has 1 aromatic heterocycles. The van der Waals surface area contributed by atoms with Crippen LogP contribution in [0.1, 0.15) is 20.8 Å². The van der Waals surface area contributed by atoms with E-state index >= 15 is 0 Å². The quantitative estimate of drug-likeness (QED) is 0.568. The van der Waals surface area contributed by atoms with E-state index in [0.717, 1.165) is 6.33 Å². The van der Waals surface area contributed by atoms with Gasteiger partial charge in [-0.1, -0.05) is 13.8 Å². The molecule has 0 aliphatic rings. The first-order chi connectivity index (χ1) is 9.32. The minimum Gasteiger partial charge on any atom is -0.463 e. The van der Waals surface area contributed by atoms with Crippen LogP contribution in [0, 0.1) is 16.0 Å². The maximum Gasteiger partial charge on any atom is 0.395 e. The van der Waals surface area contributed by atoms with Crippen LogP contribution in [0.5, 0.6) is 5.88 Å². The first kappa shape index (κ1) is 15.6. The first-order valence-corrected chi connectivity index (χ1v) is 5.97. The Labute approximate surface area is 114 Å². The molecular formula is C11H16N4O5. The minimum atomic E-state index is -0.934. The van der Waals surface area contributed by atoms with Crippen LogP contribution in [0.25, 0.3) is 0 Å². The zero-order chi connectivity index (χ0) is 15.3. The lowest BCUT2D eigenvalue weighted by molar-refractivity contribution is -0.387. The maximum atomic E-state index is 11.6. The van der Waals surface area contributed by atoms with Gasteiger partial charge in [-0.2, -0.15) is 4.98 Å². The van der Waals surface area contributed by atoms with E-state index in [1.165, 1.54) is 0 Å². The normalized spacial score (nSPS) is 12.0. The van der Waals surface area contributed by atoms with E-state index in [1.807, 2.05) is 20.8 Å². The summed E-state index contributed by atoms with van der Waals surface area (Å²) in [7, 11) is 0. The molecule has 1 atom stereocenters. The fraction of sp³-hybridized carbons (Fsp3) is 0.545. The molecule has 1 rings (SSSR count). The lowest BCUT2D eigenvalue weighted by Crippen LogP contribution is -2.39. The average molecular weight is 284 g/mol. The fourth-order valence-electron chi connectivity index (χ4n) is 1.24. The van der Waals surface area contributed by atoms with Crippen LogP contribution in [0.15, 0.2) is 11.1 Å². The summed E-state index contributed by atoms with van der Waals surface area (Å²) < 4.78 is 4.94. The summed E-state index contributed by atoms with van der Waals surface area (Å²) in [5.41, 5.74) is -1.76. The van der Waals surface area contributed by atoms with E-state index in [1.54, 1.807) is 0 Å². The molecule has 1 heterocycles. The van der Waals surface area contributed by atoms with Crippen molar-refractivity contribution in [2.24, 2.45) is 5.92 Å². The highest BCUT2D eigenvalue weighted by Crippen LogP contribution is 2.17. The smallest absolute Gasteiger partial charge is 0.395 e. The highest BCUT2D eigenvalue weighted by molar-refractivity contribution is 5.77. The molecular weight excluding hydrogens is 268 g/mol. The summed E-state index contributed by atoms with van der Waals surface area (Å²) in [6.45, 7) is 5.26. The number of H-pyrrole nitrogens is 1. The van der Waals surface area contributed by atoms with Crippen molar-refractivity contribution in [3.8, 4) is 5.88 Å². The van der Waals surface area contributed by atoms with E-state index in [2.05, 4.69) is 15.3 Å². The molecule has 1 aromatic rings. The first-order valence-electron chi connectivity index (χ1n) is 5.97. The van der Waals surface area contributed by atoms with Gasteiger partial charge in [-0.05, 0) is 12.8 Å². The van der Waals surface area contributed by atoms with Gasteiger partial charge in [-0.3, -0.25) is 19.7 Å². The summed E-state index contributed by atoms with van der Waals surface area (Å²) in [4.78, 5) is 38.3. The summed E-state index contributed by atoms with van der Waals surface area (Å²) in [5, 5.41) is 13.4. The Hall–Kier alpha value is -2.45. The molecule has 0 saturated heterocycles. The van der Waals surface area contributed by atoms with E-state index < -0.39 is 34.6 Å². The Bertz CT molecular complexity index is 554. The monoisotopic (exact) mass is 284 g/mol. The van der Waals surface area contributed by atoms with E-state index in [4.69, 9.17) is 4.74 Å². The van der Waals surface area contributed by atoms with Gasteiger partial charge in [-0.25, -0.2) is 0 Å². The van der Waals surface area contributed by atoms with Gasteiger partial charge >= 0.3 is 17.1 Å². The van der Waals surface area contributed by atoms with E-state index in [-0.39, 0.29) is 12.0 Å². The largest absolute Gasteiger partial charge is 0.463 e. The molecule has 0 saturated carbocycles. The Balaban J connectivity index is 2.71. The fourth-order valence-corrected chi connectivity index (χ4v) is 1.24. The summed E-state index contributed by atoms with van der Waals surface area (Å²) in [5.74, 6) is -0.681. The molecule has 0 aromatic carbocycles. The van der Waals surface area contributed by atoms with Gasteiger partial charge in [0.05, 0.1) is 11.3 Å². The summed E-state index contributed by atoms with van der Waals surface area (Å²) >= 11 is 0. The zero-order valence-corrected chi connectivity index (χ0v) is 11.4. The number of hydrogen-bond donors (Lipinski definition) is 2. The maximum absolute atomic E-state index is 11.6. The number of nitro groups is 1. The van der Waals surface area contributed by atoms with Crippen LogP contribution in [0.2, 0.25) is 0 Å². The molecule has 0 spiro atoms. The zero-order valence-electron chi connectivity index (χ0n) is 11.4. The SMILES string of the molecule is CC(C)[C@H](C)NC(=O)COc1nc[nH]c(=O)c1[N+](=O)[O-]. The molecule has 0 fully saturated rings. The summed E-state index contributed by atoms with van der Waals surface area (Å²) in [6.07, 6.45) is 0.972. The third-order valence-electron chi connectivity index (χ3n) is 2.71. The topological polar surface area (TPSA) is 127 Å². The third-order valence-corrected chi connectivity index (χ3v) is 2.71. The van der Waals surface area contributed by atoms with E-state index in [0.29, 0.717) is 0 Å². The second kappa shape index (κ2) is 6.64. The average Bonchev–Trinajstić information content (AvgIpc) is 2.35. The minimum absolute atomic E-state index is 0.0618. The molecule has 9 nitrogen and oxygen atoms in total. The molecule has 1 amide bonds. The molecule has 2 N–H and O–H groups in total. The highest BCUT2D eigenvalue weighted by atomic mass is 16.6. The molecule has 0 radical (unpaired) electrons. The number of ether oxygens (including phenoxy) is 1. The lowest BCUT2D eigenvalue weighted by atomic mass is 10.1. The number of rotatable bonds is 6. The Morgan fingerprint density at radius 3 is 2.75 bits per heavy atom. The van der Waals surface area contributed by atoms with Crippen LogP contribution >= 0.6 is 0 Å².